The van der Waals surface area contributed by atoms with Crippen molar-refractivity contribution >= 4 is 10.0 Å². The van der Waals surface area contributed by atoms with E-state index in [2.05, 4.69) is 0 Å². The number of methoxy groups -OCH3 is 1. The van der Waals surface area contributed by atoms with Crippen LogP contribution >= 0.6 is 0 Å². The van der Waals surface area contributed by atoms with Crippen LogP contribution in [-0.2, 0) is 14.8 Å². The van der Waals surface area contributed by atoms with E-state index in [4.69, 9.17) is 10.5 Å². The molecule has 1 aliphatic rings. The predicted molar refractivity (Wildman–Crippen MR) is 59.0 cm³/mol. The second-order valence-electron chi connectivity index (χ2n) is 3.90. The van der Waals surface area contributed by atoms with Crippen molar-refractivity contribution in [3.8, 4) is 0 Å². The molecule has 1 fully saturated rings. The highest BCUT2D eigenvalue weighted by Crippen LogP contribution is 2.31. The first-order valence-electron chi connectivity index (χ1n) is 5.27. The Kier molecular flexibility index (Phi) is 4.98. The highest BCUT2D eigenvalue weighted by molar-refractivity contribution is 7.89. The number of nitrogens with two attached hydrogens (primary N) is 1. The molecule has 0 saturated heterocycles. The summed E-state index contributed by atoms with van der Waals surface area (Å²) < 4.78 is 30.1. The Labute approximate surface area is 91.6 Å². The van der Waals surface area contributed by atoms with Gasteiger partial charge >= 0.3 is 0 Å². The minimum Gasteiger partial charge on any atom is -0.383 e. The third-order valence-corrected chi connectivity index (χ3v) is 4.50. The standard InChI is InChI=1S/C9H20N2O3S/c1-14-7-6-11(5-4-10)15(12,13)8-9-2-3-9/h9H,2-8,10H2,1H3. The molecule has 0 spiro atoms. The number of sulfonamides is 1. The summed E-state index contributed by atoms with van der Waals surface area (Å²) in [4.78, 5) is 0. The van der Waals surface area contributed by atoms with E-state index >= 15 is 0 Å². The fourth-order valence-corrected chi connectivity index (χ4v) is 3.29. The molecular weight excluding hydrogens is 216 g/mol. The largest absolute Gasteiger partial charge is 0.383 e. The normalized spacial score (nSPS) is 17.3. The Hall–Kier alpha value is -0.170. The van der Waals surface area contributed by atoms with Crippen LogP contribution in [-0.4, -0.2) is 51.8 Å². The lowest BCUT2D eigenvalue weighted by Gasteiger charge is -2.20. The molecule has 0 aromatic carbocycles. The van der Waals surface area contributed by atoms with E-state index in [0.717, 1.165) is 12.8 Å². The van der Waals surface area contributed by atoms with Crippen molar-refractivity contribution in [2.75, 3.05) is 39.1 Å². The summed E-state index contributed by atoms with van der Waals surface area (Å²) >= 11 is 0. The Morgan fingerprint density at radius 1 is 1.40 bits per heavy atom. The topological polar surface area (TPSA) is 72.6 Å². The first-order valence-corrected chi connectivity index (χ1v) is 6.88. The monoisotopic (exact) mass is 236 g/mol. The molecule has 1 saturated carbocycles. The van der Waals surface area contributed by atoms with Gasteiger partial charge in [-0.2, -0.15) is 4.31 Å². The Morgan fingerprint density at radius 3 is 2.53 bits per heavy atom. The van der Waals surface area contributed by atoms with Gasteiger partial charge in [-0.25, -0.2) is 8.42 Å². The Bertz CT molecular complexity index is 275. The molecule has 0 amide bonds. The van der Waals surface area contributed by atoms with Crippen molar-refractivity contribution in [2.24, 2.45) is 11.7 Å². The molecule has 6 heteroatoms. The van der Waals surface area contributed by atoms with Crippen molar-refractivity contribution in [1.82, 2.24) is 4.31 Å². The highest BCUT2D eigenvalue weighted by Gasteiger charge is 2.31. The van der Waals surface area contributed by atoms with Gasteiger partial charge in [-0.1, -0.05) is 0 Å². The molecule has 0 radical (unpaired) electrons. The minimum atomic E-state index is -3.12. The zero-order valence-electron chi connectivity index (χ0n) is 9.18. The van der Waals surface area contributed by atoms with Gasteiger partial charge in [0, 0.05) is 26.7 Å². The number of hydrogen-bond acceptors (Lipinski definition) is 4. The SMILES string of the molecule is COCCN(CCN)S(=O)(=O)CC1CC1. The smallest absolute Gasteiger partial charge is 0.214 e. The van der Waals surface area contributed by atoms with Crippen LogP contribution < -0.4 is 5.73 Å². The second kappa shape index (κ2) is 5.79. The van der Waals surface area contributed by atoms with Gasteiger partial charge in [-0.15, -0.1) is 0 Å². The maximum Gasteiger partial charge on any atom is 0.214 e. The maximum absolute atomic E-state index is 11.9. The van der Waals surface area contributed by atoms with Crippen LogP contribution in [0.1, 0.15) is 12.8 Å². The van der Waals surface area contributed by atoms with Crippen molar-refractivity contribution in [3.05, 3.63) is 0 Å². The number of ether oxygens (including phenoxy) is 1. The van der Waals surface area contributed by atoms with E-state index in [1.54, 1.807) is 7.11 Å². The summed E-state index contributed by atoms with van der Waals surface area (Å²) in [6.07, 6.45) is 2.08. The van der Waals surface area contributed by atoms with Gasteiger partial charge in [0.05, 0.1) is 12.4 Å². The van der Waals surface area contributed by atoms with Crippen molar-refractivity contribution < 1.29 is 13.2 Å². The summed E-state index contributed by atoms with van der Waals surface area (Å²) in [5.74, 6) is 0.647. The van der Waals surface area contributed by atoms with E-state index in [1.165, 1.54) is 4.31 Å². The molecule has 90 valence electrons. The number of hydrogen-bond donors (Lipinski definition) is 1. The molecule has 0 aromatic rings. The van der Waals surface area contributed by atoms with Crippen LogP contribution in [0.2, 0.25) is 0 Å². The maximum atomic E-state index is 11.9. The van der Waals surface area contributed by atoms with Gasteiger partial charge in [0.2, 0.25) is 10.0 Å². The molecule has 1 rings (SSSR count). The third kappa shape index (κ3) is 4.46. The van der Waals surface area contributed by atoms with E-state index in [-0.39, 0.29) is 5.75 Å². The summed E-state index contributed by atoms with van der Waals surface area (Å²) in [5, 5.41) is 0. The quantitative estimate of drug-likeness (QED) is 0.624. The van der Waals surface area contributed by atoms with E-state index in [9.17, 15) is 8.42 Å². The zero-order valence-corrected chi connectivity index (χ0v) is 10.0. The van der Waals surface area contributed by atoms with Crippen LogP contribution in [0.4, 0.5) is 0 Å². The Morgan fingerprint density at radius 2 is 2.07 bits per heavy atom. The number of nitrogens with zero attached hydrogens (tertiary/aromatic N) is 1. The van der Waals surface area contributed by atoms with Crippen LogP contribution in [0.15, 0.2) is 0 Å². The minimum absolute atomic E-state index is 0.275. The van der Waals surface area contributed by atoms with Crippen molar-refractivity contribution in [2.45, 2.75) is 12.8 Å². The van der Waals surface area contributed by atoms with E-state index < -0.39 is 10.0 Å². The predicted octanol–water partition coefficient (Wildman–Crippen LogP) is -0.367. The first-order chi connectivity index (χ1) is 7.10. The van der Waals surface area contributed by atoms with E-state index in [1.807, 2.05) is 0 Å². The summed E-state index contributed by atoms with van der Waals surface area (Å²) in [6.45, 7) is 1.57. The average Bonchev–Trinajstić information content (AvgIpc) is 2.95. The van der Waals surface area contributed by atoms with E-state index in [0.29, 0.717) is 32.2 Å². The molecule has 1 aliphatic carbocycles. The number of rotatable bonds is 8. The lowest BCUT2D eigenvalue weighted by Crippen LogP contribution is -2.39. The lowest BCUT2D eigenvalue weighted by atomic mass is 10.5. The van der Waals surface area contributed by atoms with Gasteiger partial charge in [-0.05, 0) is 18.8 Å². The third-order valence-electron chi connectivity index (χ3n) is 2.46. The molecule has 0 atom stereocenters. The average molecular weight is 236 g/mol. The van der Waals surface area contributed by atoms with Crippen molar-refractivity contribution in [3.63, 3.8) is 0 Å². The van der Waals surface area contributed by atoms with Gasteiger partial charge < -0.3 is 10.5 Å². The fourth-order valence-electron chi connectivity index (χ4n) is 1.41. The van der Waals surface area contributed by atoms with Gasteiger partial charge in [0.15, 0.2) is 0 Å². The molecule has 5 nitrogen and oxygen atoms in total. The molecule has 0 bridgehead atoms. The summed E-state index contributed by atoms with van der Waals surface area (Å²) in [6, 6.07) is 0. The molecule has 15 heavy (non-hydrogen) atoms. The van der Waals surface area contributed by atoms with Crippen LogP contribution in [0, 0.1) is 5.92 Å². The van der Waals surface area contributed by atoms with Gasteiger partial charge in [0.1, 0.15) is 0 Å². The fraction of sp³-hybridized carbons (Fsp3) is 1.00. The first kappa shape index (κ1) is 12.9. The van der Waals surface area contributed by atoms with Gasteiger partial charge in [-0.3, -0.25) is 0 Å². The zero-order chi connectivity index (χ0) is 11.3. The summed E-state index contributed by atoms with van der Waals surface area (Å²) in [5.41, 5.74) is 5.40. The summed E-state index contributed by atoms with van der Waals surface area (Å²) in [7, 11) is -1.56. The molecule has 2 N–H and O–H groups in total. The molecule has 0 aromatic heterocycles. The van der Waals surface area contributed by atoms with Crippen LogP contribution in [0.25, 0.3) is 0 Å². The molecular formula is C9H20N2O3S. The molecule has 0 heterocycles. The second-order valence-corrected chi connectivity index (χ2v) is 5.92. The van der Waals surface area contributed by atoms with Crippen molar-refractivity contribution in [1.29, 1.82) is 0 Å². The van der Waals surface area contributed by atoms with Crippen LogP contribution in [0.5, 0.6) is 0 Å². The van der Waals surface area contributed by atoms with Gasteiger partial charge in [0.25, 0.3) is 0 Å². The molecule has 0 unspecified atom stereocenters. The lowest BCUT2D eigenvalue weighted by molar-refractivity contribution is 0.179. The molecule has 0 aliphatic heterocycles. The van der Waals surface area contributed by atoms with Crippen LogP contribution in [0.3, 0.4) is 0 Å². The Balaban J connectivity index is 2.50. The highest BCUT2D eigenvalue weighted by atomic mass is 32.2.